The van der Waals surface area contributed by atoms with Gasteiger partial charge in [-0.1, -0.05) is 275 Å². The van der Waals surface area contributed by atoms with Gasteiger partial charge in [-0.15, -0.1) is 0 Å². The Hall–Kier alpha value is -1.43. The van der Waals surface area contributed by atoms with Gasteiger partial charge in [-0.25, -0.2) is 0 Å². The molecule has 0 aromatic carbocycles. The van der Waals surface area contributed by atoms with Crippen LogP contribution in [-0.2, 0) is 4.79 Å². The molecule has 0 aromatic rings. The first-order chi connectivity index (χ1) is 31.0. The van der Waals surface area contributed by atoms with Crippen molar-refractivity contribution in [2.45, 2.75) is 321 Å². The maximum atomic E-state index is 12.5. The number of hydrogen-bond donors (Lipinski definition) is 4. The predicted octanol–water partition coefficient (Wildman–Crippen LogP) is 17.4. The van der Waals surface area contributed by atoms with E-state index < -0.39 is 18.2 Å². The lowest BCUT2D eigenvalue weighted by Gasteiger charge is -2.21. The van der Waals surface area contributed by atoms with E-state index in [2.05, 4.69) is 43.5 Å². The van der Waals surface area contributed by atoms with Gasteiger partial charge in [0.25, 0.3) is 0 Å². The molecule has 4 N–H and O–H groups in total. The topological polar surface area (TPSA) is 89.8 Å². The van der Waals surface area contributed by atoms with Crippen molar-refractivity contribution in [3.8, 4) is 0 Å². The Balaban J connectivity index is 3.61. The first-order valence-corrected chi connectivity index (χ1v) is 28.3. The molecule has 3 atom stereocenters. The van der Waals surface area contributed by atoms with Crippen LogP contribution in [0.1, 0.15) is 303 Å². The number of unbranched alkanes of at least 4 members (excludes halogenated alkanes) is 39. The molecule has 0 aliphatic rings. The van der Waals surface area contributed by atoms with Gasteiger partial charge in [0.15, 0.2) is 0 Å². The summed E-state index contributed by atoms with van der Waals surface area (Å²) in [6.45, 7) is 4.24. The van der Waals surface area contributed by atoms with Crippen LogP contribution in [0.3, 0.4) is 0 Å². The van der Waals surface area contributed by atoms with E-state index in [9.17, 15) is 20.1 Å². The van der Waals surface area contributed by atoms with Gasteiger partial charge in [0.2, 0.25) is 5.91 Å². The fourth-order valence-corrected chi connectivity index (χ4v) is 8.82. The maximum Gasteiger partial charge on any atom is 0.222 e. The highest BCUT2D eigenvalue weighted by Crippen LogP contribution is 2.17. The van der Waals surface area contributed by atoms with E-state index >= 15 is 0 Å². The summed E-state index contributed by atoms with van der Waals surface area (Å²) in [5.41, 5.74) is 0. The Morgan fingerprint density at radius 1 is 0.397 bits per heavy atom. The van der Waals surface area contributed by atoms with Crippen molar-refractivity contribution in [3.05, 3.63) is 36.5 Å². The SMILES string of the molecule is CCCCCCCCCCCCCC/C=C\CCCCCCCCCCC(O)CC(=O)NC(CO)C(O)/C=C/CC/C=C/CCCCCCCCCCCCCCCCCCCC. The molecule has 0 radical (unpaired) electrons. The van der Waals surface area contributed by atoms with Gasteiger partial charge in [0.1, 0.15) is 0 Å². The number of nitrogens with one attached hydrogen (secondary N) is 1. The van der Waals surface area contributed by atoms with Crippen molar-refractivity contribution < 1.29 is 20.1 Å². The molecular weight excluding hydrogens is 775 g/mol. The zero-order valence-corrected chi connectivity index (χ0v) is 42.5. The van der Waals surface area contributed by atoms with Crippen molar-refractivity contribution in [3.63, 3.8) is 0 Å². The van der Waals surface area contributed by atoms with E-state index in [1.54, 1.807) is 6.08 Å². The third-order valence-corrected chi connectivity index (χ3v) is 13.1. The molecule has 0 spiro atoms. The number of allylic oxidation sites excluding steroid dienone is 5. The molecule has 0 heterocycles. The summed E-state index contributed by atoms with van der Waals surface area (Å²) in [6.07, 6.45) is 69.1. The average molecular weight is 887 g/mol. The zero-order valence-electron chi connectivity index (χ0n) is 42.5. The molecule has 0 aromatic heterocycles. The highest BCUT2D eigenvalue weighted by atomic mass is 16.3. The largest absolute Gasteiger partial charge is 0.394 e. The molecule has 0 saturated heterocycles. The number of hydrogen-bond acceptors (Lipinski definition) is 4. The van der Waals surface area contributed by atoms with Gasteiger partial charge in [0.05, 0.1) is 31.3 Å². The average Bonchev–Trinajstić information content (AvgIpc) is 3.28. The Morgan fingerprint density at radius 3 is 1.02 bits per heavy atom. The van der Waals surface area contributed by atoms with Crippen LogP contribution in [0.4, 0.5) is 0 Å². The Morgan fingerprint density at radius 2 is 0.683 bits per heavy atom. The molecule has 0 rings (SSSR count). The standard InChI is InChI=1S/C58H111NO4/c1-3-5-7-9-11-13-15-17-19-21-23-25-27-29-31-33-35-37-39-41-43-45-47-49-51-55(61)53-58(63)59-56(54-60)57(62)52-50-48-46-44-42-40-38-36-34-32-30-28-26-24-22-20-18-16-14-12-10-8-6-4-2/h29,31,42,44,50,52,55-57,60-62H,3-28,30,32-41,43,45-49,51,53-54H2,1-2H3,(H,59,63)/b31-29-,44-42+,52-50+. The third kappa shape index (κ3) is 49.8. The fourth-order valence-electron chi connectivity index (χ4n) is 8.82. The molecule has 5 heteroatoms. The van der Waals surface area contributed by atoms with Crippen LogP contribution in [0.2, 0.25) is 0 Å². The second-order valence-corrected chi connectivity index (χ2v) is 19.5. The van der Waals surface area contributed by atoms with Gasteiger partial charge in [0, 0.05) is 0 Å². The van der Waals surface area contributed by atoms with E-state index in [0.29, 0.717) is 6.42 Å². The number of aliphatic hydroxyl groups excluding tert-OH is 3. The minimum Gasteiger partial charge on any atom is -0.394 e. The quantitative estimate of drug-likeness (QED) is 0.0362. The molecular formula is C58H111NO4. The Kier molecular flexibility index (Phi) is 52.0. The summed E-state index contributed by atoms with van der Waals surface area (Å²) in [5.74, 6) is -0.323. The van der Waals surface area contributed by atoms with Crippen LogP contribution in [0.25, 0.3) is 0 Å². The molecule has 372 valence electrons. The Bertz CT molecular complexity index is 978. The molecule has 0 aliphatic carbocycles. The molecule has 5 nitrogen and oxygen atoms in total. The van der Waals surface area contributed by atoms with Crippen molar-refractivity contribution in [2.24, 2.45) is 0 Å². The number of aliphatic hydroxyl groups is 3. The molecule has 0 saturated carbocycles. The molecule has 63 heavy (non-hydrogen) atoms. The molecule has 0 fully saturated rings. The summed E-state index contributed by atoms with van der Waals surface area (Å²) in [6, 6.07) is -0.763. The Labute approximate surface area is 394 Å². The minimum absolute atomic E-state index is 0.00497. The minimum atomic E-state index is -0.954. The van der Waals surface area contributed by atoms with Gasteiger partial charge < -0.3 is 20.6 Å². The van der Waals surface area contributed by atoms with E-state index in [1.807, 2.05) is 6.08 Å². The van der Waals surface area contributed by atoms with Gasteiger partial charge in [-0.2, -0.15) is 0 Å². The number of carbonyl (C=O) groups excluding carboxylic acids is 1. The lowest BCUT2D eigenvalue weighted by Crippen LogP contribution is -2.45. The molecule has 0 bridgehead atoms. The number of rotatable bonds is 52. The summed E-state index contributed by atoms with van der Waals surface area (Å²) in [5, 5.41) is 33.4. The molecule has 3 unspecified atom stereocenters. The van der Waals surface area contributed by atoms with Crippen LogP contribution in [0.15, 0.2) is 36.5 Å². The van der Waals surface area contributed by atoms with Crippen LogP contribution >= 0.6 is 0 Å². The van der Waals surface area contributed by atoms with Crippen molar-refractivity contribution >= 4 is 5.91 Å². The van der Waals surface area contributed by atoms with E-state index in [4.69, 9.17) is 0 Å². The fraction of sp³-hybridized carbons (Fsp3) is 0.879. The summed E-state index contributed by atoms with van der Waals surface area (Å²) < 4.78 is 0. The van der Waals surface area contributed by atoms with Crippen LogP contribution < -0.4 is 5.32 Å². The van der Waals surface area contributed by atoms with Crippen LogP contribution in [-0.4, -0.2) is 46.1 Å². The second-order valence-electron chi connectivity index (χ2n) is 19.5. The first-order valence-electron chi connectivity index (χ1n) is 28.3. The lowest BCUT2D eigenvalue weighted by molar-refractivity contribution is -0.124. The molecule has 0 aliphatic heterocycles. The monoisotopic (exact) mass is 886 g/mol. The highest BCUT2D eigenvalue weighted by Gasteiger charge is 2.20. The van der Waals surface area contributed by atoms with Crippen LogP contribution in [0, 0.1) is 0 Å². The first kappa shape index (κ1) is 61.6. The maximum absolute atomic E-state index is 12.5. The highest BCUT2D eigenvalue weighted by molar-refractivity contribution is 5.76. The lowest BCUT2D eigenvalue weighted by atomic mass is 10.0. The normalized spacial score (nSPS) is 13.5. The number of amides is 1. The van der Waals surface area contributed by atoms with Crippen molar-refractivity contribution in [1.29, 1.82) is 0 Å². The summed E-state index contributed by atoms with van der Waals surface area (Å²) in [7, 11) is 0. The summed E-state index contributed by atoms with van der Waals surface area (Å²) >= 11 is 0. The van der Waals surface area contributed by atoms with Gasteiger partial charge in [-0.3, -0.25) is 4.79 Å². The third-order valence-electron chi connectivity index (χ3n) is 13.1. The zero-order chi connectivity index (χ0) is 45.8. The van der Waals surface area contributed by atoms with E-state index in [1.165, 1.54) is 244 Å². The second kappa shape index (κ2) is 53.2. The van der Waals surface area contributed by atoms with Gasteiger partial charge >= 0.3 is 0 Å². The van der Waals surface area contributed by atoms with Crippen LogP contribution in [0.5, 0.6) is 0 Å². The summed E-state index contributed by atoms with van der Waals surface area (Å²) in [4.78, 5) is 12.5. The van der Waals surface area contributed by atoms with Crippen molar-refractivity contribution in [1.82, 2.24) is 5.32 Å². The smallest absolute Gasteiger partial charge is 0.222 e. The van der Waals surface area contributed by atoms with E-state index in [0.717, 1.165) is 32.1 Å². The molecule has 1 amide bonds. The number of carbonyl (C=O) groups is 1. The van der Waals surface area contributed by atoms with Gasteiger partial charge in [-0.05, 0) is 57.8 Å². The van der Waals surface area contributed by atoms with E-state index in [-0.39, 0.29) is 18.9 Å². The predicted molar refractivity (Wildman–Crippen MR) is 278 cm³/mol. The van der Waals surface area contributed by atoms with Crippen molar-refractivity contribution in [2.75, 3.05) is 6.61 Å².